The standard InChI is InChI=1S/C23H38N6O9/c24-18(2-1-6-34-8-10-36-12-13-37-11-9-35-7-5-26-28-25)4-3-17-15-29(23(33)27-22(17)32)21-14-19(31)20(16-30)38-21/h4,15,19-21,30-31H,1-3,5-14,16,24H2,(H,27,32,33)/t19-,20+,21+/m0/s1. The van der Waals surface area contributed by atoms with Crippen molar-refractivity contribution in [3.63, 3.8) is 0 Å². The van der Waals surface area contributed by atoms with Gasteiger partial charge in [0.2, 0.25) is 0 Å². The topological polar surface area (TPSA) is 216 Å². The summed E-state index contributed by atoms with van der Waals surface area (Å²) in [7, 11) is 0. The Morgan fingerprint density at radius 1 is 1.16 bits per heavy atom. The lowest BCUT2D eigenvalue weighted by molar-refractivity contribution is -0.0459. The molecular formula is C23H38N6O9. The molecule has 214 valence electrons. The predicted molar refractivity (Wildman–Crippen MR) is 135 cm³/mol. The average Bonchev–Trinajstić information content (AvgIpc) is 3.28. The summed E-state index contributed by atoms with van der Waals surface area (Å²) in [6.45, 7) is 3.44. The van der Waals surface area contributed by atoms with Crippen LogP contribution in [0.2, 0.25) is 0 Å². The van der Waals surface area contributed by atoms with Gasteiger partial charge in [-0.1, -0.05) is 11.2 Å². The van der Waals surface area contributed by atoms with Gasteiger partial charge in [0.05, 0.1) is 59.0 Å². The van der Waals surface area contributed by atoms with E-state index in [1.54, 1.807) is 6.08 Å². The molecule has 0 spiro atoms. The zero-order valence-electron chi connectivity index (χ0n) is 21.4. The van der Waals surface area contributed by atoms with Crippen LogP contribution in [0.1, 0.15) is 31.1 Å². The minimum absolute atomic E-state index is 0.130. The van der Waals surface area contributed by atoms with Crippen LogP contribution in [0.5, 0.6) is 0 Å². The van der Waals surface area contributed by atoms with Gasteiger partial charge >= 0.3 is 5.69 Å². The van der Waals surface area contributed by atoms with Crippen LogP contribution in [0.25, 0.3) is 10.4 Å². The number of azide groups is 1. The number of nitrogens with zero attached hydrogens (tertiary/aromatic N) is 4. The van der Waals surface area contributed by atoms with Crippen molar-refractivity contribution >= 4 is 0 Å². The van der Waals surface area contributed by atoms with Crippen LogP contribution in [0.3, 0.4) is 0 Å². The third-order valence-electron chi connectivity index (χ3n) is 5.59. The monoisotopic (exact) mass is 542 g/mol. The van der Waals surface area contributed by atoms with Crippen LogP contribution >= 0.6 is 0 Å². The number of allylic oxidation sites excluding steroid dienone is 2. The van der Waals surface area contributed by atoms with E-state index in [2.05, 4.69) is 15.0 Å². The number of aromatic amines is 1. The zero-order chi connectivity index (χ0) is 27.6. The molecule has 0 saturated carbocycles. The van der Waals surface area contributed by atoms with Crippen molar-refractivity contribution < 1.29 is 33.9 Å². The third kappa shape index (κ3) is 11.8. The number of aliphatic hydroxyl groups excluding tert-OH is 2. The Hall–Kier alpha value is -2.75. The maximum Gasteiger partial charge on any atom is 0.330 e. The van der Waals surface area contributed by atoms with Gasteiger partial charge in [-0.2, -0.15) is 0 Å². The van der Waals surface area contributed by atoms with Gasteiger partial charge in [-0.3, -0.25) is 14.3 Å². The number of aromatic nitrogens is 2. The second kappa shape index (κ2) is 18.5. The number of nitrogens with one attached hydrogen (secondary N) is 1. The Kier molecular flexibility index (Phi) is 15.3. The zero-order valence-corrected chi connectivity index (χ0v) is 21.4. The molecule has 0 aromatic carbocycles. The van der Waals surface area contributed by atoms with Crippen molar-refractivity contribution in [3.8, 4) is 0 Å². The molecular weight excluding hydrogens is 504 g/mol. The van der Waals surface area contributed by atoms with E-state index in [4.69, 9.17) is 34.9 Å². The predicted octanol–water partition coefficient (Wildman–Crippen LogP) is -0.281. The summed E-state index contributed by atoms with van der Waals surface area (Å²) in [5, 5.41) is 22.5. The second-order valence-corrected chi connectivity index (χ2v) is 8.43. The summed E-state index contributed by atoms with van der Waals surface area (Å²) in [6, 6.07) is 0. The number of rotatable bonds is 20. The smallest absolute Gasteiger partial charge is 0.330 e. The van der Waals surface area contributed by atoms with Gasteiger partial charge in [0.1, 0.15) is 12.3 Å². The Morgan fingerprint density at radius 3 is 2.39 bits per heavy atom. The molecule has 1 aromatic heterocycles. The molecule has 0 radical (unpaired) electrons. The first-order valence-electron chi connectivity index (χ1n) is 12.5. The van der Waals surface area contributed by atoms with Crippen LogP contribution in [0, 0.1) is 0 Å². The van der Waals surface area contributed by atoms with Crippen molar-refractivity contribution in [1.29, 1.82) is 0 Å². The molecule has 2 heterocycles. The van der Waals surface area contributed by atoms with E-state index in [1.807, 2.05) is 0 Å². The third-order valence-corrected chi connectivity index (χ3v) is 5.59. The number of ether oxygens (including phenoxy) is 5. The molecule has 2 rings (SSSR count). The van der Waals surface area contributed by atoms with Gasteiger partial charge in [0.15, 0.2) is 0 Å². The number of hydrogen-bond donors (Lipinski definition) is 4. The van der Waals surface area contributed by atoms with Gasteiger partial charge in [0.25, 0.3) is 5.56 Å². The highest BCUT2D eigenvalue weighted by atomic mass is 16.6. The fourth-order valence-corrected chi connectivity index (χ4v) is 3.57. The molecule has 1 aliphatic heterocycles. The van der Waals surface area contributed by atoms with E-state index in [1.165, 1.54) is 10.8 Å². The van der Waals surface area contributed by atoms with Gasteiger partial charge in [-0.05, 0) is 24.8 Å². The van der Waals surface area contributed by atoms with Crippen LogP contribution in [-0.4, -0.2) is 98.0 Å². The minimum atomic E-state index is -0.898. The van der Waals surface area contributed by atoms with Crippen molar-refractivity contribution in [1.82, 2.24) is 9.55 Å². The molecule has 1 aromatic rings. The van der Waals surface area contributed by atoms with Crippen molar-refractivity contribution in [2.45, 2.75) is 44.1 Å². The molecule has 1 saturated heterocycles. The molecule has 0 amide bonds. The van der Waals surface area contributed by atoms with Gasteiger partial charge in [0, 0.05) is 41.9 Å². The van der Waals surface area contributed by atoms with Gasteiger partial charge in [-0.25, -0.2) is 4.79 Å². The molecule has 0 bridgehead atoms. The quantitative estimate of drug-likeness (QED) is 0.0731. The fraction of sp³-hybridized carbons (Fsp3) is 0.739. The second-order valence-electron chi connectivity index (χ2n) is 8.43. The number of hydrogen-bond acceptors (Lipinski definition) is 11. The van der Waals surface area contributed by atoms with Crippen molar-refractivity contribution in [2.24, 2.45) is 10.8 Å². The summed E-state index contributed by atoms with van der Waals surface area (Å²) < 4.78 is 28.2. The molecule has 15 nitrogen and oxygen atoms in total. The van der Waals surface area contributed by atoms with E-state index in [0.29, 0.717) is 83.5 Å². The average molecular weight is 543 g/mol. The summed E-state index contributed by atoms with van der Waals surface area (Å²) in [6.07, 6.45) is 2.29. The Bertz CT molecular complexity index is 1010. The molecule has 15 heteroatoms. The van der Waals surface area contributed by atoms with Crippen molar-refractivity contribution in [3.05, 3.63) is 54.8 Å². The molecule has 0 unspecified atom stereocenters. The maximum atomic E-state index is 12.2. The van der Waals surface area contributed by atoms with E-state index >= 15 is 0 Å². The minimum Gasteiger partial charge on any atom is -0.402 e. The summed E-state index contributed by atoms with van der Waals surface area (Å²) >= 11 is 0. The fourth-order valence-electron chi connectivity index (χ4n) is 3.57. The number of nitrogens with two attached hydrogens (primary N) is 1. The first-order chi connectivity index (χ1) is 18.5. The first-order valence-corrected chi connectivity index (χ1v) is 12.5. The summed E-state index contributed by atoms with van der Waals surface area (Å²) in [5.41, 5.74) is 13.9. The Labute approximate surface area is 219 Å². The Balaban J connectivity index is 1.56. The van der Waals surface area contributed by atoms with Crippen molar-refractivity contribution in [2.75, 3.05) is 66.0 Å². The van der Waals surface area contributed by atoms with Gasteiger partial charge < -0.3 is 39.6 Å². The highest BCUT2D eigenvalue weighted by Gasteiger charge is 2.35. The van der Waals surface area contributed by atoms with E-state index in [9.17, 15) is 19.8 Å². The molecule has 3 atom stereocenters. The summed E-state index contributed by atoms with van der Waals surface area (Å²) in [5.74, 6) is 0. The van der Waals surface area contributed by atoms with Crippen LogP contribution < -0.4 is 17.0 Å². The maximum absolute atomic E-state index is 12.2. The largest absolute Gasteiger partial charge is 0.402 e. The van der Waals surface area contributed by atoms with Crippen LogP contribution in [-0.2, 0) is 30.1 Å². The molecule has 5 N–H and O–H groups in total. The highest BCUT2D eigenvalue weighted by molar-refractivity contribution is 5.12. The molecule has 38 heavy (non-hydrogen) atoms. The van der Waals surface area contributed by atoms with Crippen LogP contribution in [0.15, 0.2) is 32.7 Å². The Morgan fingerprint density at radius 2 is 1.79 bits per heavy atom. The lowest BCUT2D eigenvalue weighted by atomic mass is 10.1. The highest BCUT2D eigenvalue weighted by Crippen LogP contribution is 2.27. The molecule has 0 aliphatic carbocycles. The summed E-state index contributed by atoms with van der Waals surface area (Å²) in [4.78, 5) is 29.3. The van der Waals surface area contributed by atoms with E-state index < -0.39 is 29.7 Å². The molecule has 1 aliphatic rings. The SMILES string of the molecule is [N-]=[N+]=NCCOCCOCCOCCOCCCC(N)=CCc1cn([C@H]2C[C@H](O)[C@@H](CO)O2)c(=O)[nH]c1=O. The molecule has 1 fully saturated rings. The first kappa shape index (κ1) is 31.5. The number of aliphatic hydroxyl groups is 2. The van der Waals surface area contributed by atoms with Crippen LogP contribution in [0.4, 0.5) is 0 Å². The lowest BCUT2D eigenvalue weighted by Gasteiger charge is -2.15. The normalized spacial score (nSPS) is 19.5. The number of H-pyrrole nitrogens is 1. The van der Waals surface area contributed by atoms with Gasteiger partial charge in [-0.15, -0.1) is 0 Å². The van der Waals surface area contributed by atoms with E-state index in [-0.39, 0.29) is 19.4 Å². The van der Waals surface area contributed by atoms with E-state index in [0.717, 1.165) is 0 Å². The lowest BCUT2D eigenvalue weighted by Crippen LogP contribution is -2.34.